The van der Waals surface area contributed by atoms with Crippen LogP contribution in [0.1, 0.15) is 24.4 Å². The minimum Gasteiger partial charge on any atom is -0.315 e. The average molecular weight is 392 g/mol. The van der Waals surface area contributed by atoms with Gasteiger partial charge < -0.3 is 4.90 Å². The van der Waals surface area contributed by atoms with Gasteiger partial charge in [-0.15, -0.1) is 16.4 Å². The highest BCUT2D eigenvalue weighted by atomic mass is 35.5. The fraction of sp³-hybridized carbons (Fsp3) is 0.333. The van der Waals surface area contributed by atoms with E-state index in [0.717, 1.165) is 28.8 Å². The van der Waals surface area contributed by atoms with Gasteiger partial charge in [-0.05, 0) is 48.6 Å². The molecule has 130 valence electrons. The van der Waals surface area contributed by atoms with Gasteiger partial charge in [0.05, 0.1) is 11.9 Å². The van der Waals surface area contributed by atoms with Crippen LogP contribution >= 0.6 is 35.2 Å². The molecule has 25 heavy (non-hydrogen) atoms. The number of aromatic nitrogens is 3. The van der Waals surface area contributed by atoms with Crippen LogP contribution in [-0.4, -0.2) is 21.4 Å². The minimum absolute atomic E-state index is 0.523. The molecule has 1 N–H and O–H groups in total. The van der Waals surface area contributed by atoms with Crippen molar-refractivity contribution in [3.05, 3.63) is 57.1 Å². The number of quaternary nitrogens is 1. The maximum Gasteiger partial charge on any atom is 0.203 e. The molecule has 1 fully saturated rings. The molecular weight excluding hydrogens is 372 g/mol. The van der Waals surface area contributed by atoms with E-state index in [1.807, 2.05) is 16.8 Å². The molecule has 1 aliphatic rings. The van der Waals surface area contributed by atoms with Gasteiger partial charge in [-0.3, -0.25) is 4.57 Å². The number of hydrogen-bond acceptors (Lipinski definition) is 3. The summed E-state index contributed by atoms with van der Waals surface area (Å²) in [5, 5.41) is 7.71. The highest BCUT2D eigenvalue weighted by molar-refractivity contribution is 7.71. The average Bonchev–Trinajstić information content (AvgIpc) is 3.17. The second-order valence-corrected chi connectivity index (χ2v) is 8.35. The van der Waals surface area contributed by atoms with Crippen molar-refractivity contribution in [2.75, 3.05) is 7.05 Å². The zero-order valence-corrected chi connectivity index (χ0v) is 16.4. The Labute approximate surface area is 161 Å². The summed E-state index contributed by atoms with van der Waals surface area (Å²) in [5.41, 5.74) is 1.26. The molecule has 2 heterocycles. The Morgan fingerprint density at radius 2 is 2.04 bits per heavy atom. The van der Waals surface area contributed by atoms with Crippen molar-refractivity contribution in [3.63, 3.8) is 0 Å². The first kappa shape index (κ1) is 17.0. The van der Waals surface area contributed by atoms with Gasteiger partial charge in [0.15, 0.2) is 12.5 Å². The summed E-state index contributed by atoms with van der Waals surface area (Å²) in [6.07, 6.45) is 2.40. The van der Waals surface area contributed by atoms with Crippen LogP contribution in [0.4, 0.5) is 0 Å². The molecule has 0 radical (unpaired) electrons. The van der Waals surface area contributed by atoms with E-state index in [9.17, 15) is 0 Å². The summed E-state index contributed by atoms with van der Waals surface area (Å²) < 4.78 is 5.06. The molecule has 1 saturated carbocycles. The van der Waals surface area contributed by atoms with Crippen molar-refractivity contribution in [1.29, 1.82) is 0 Å². The molecular formula is C18H20ClN4S2+. The summed E-state index contributed by atoms with van der Waals surface area (Å²) in [6.45, 7) is 1.66. The van der Waals surface area contributed by atoms with Crippen LogP contribution in [0.25, 0.3) is 10.7 Å². The van der Waals surface area contributed by atoms with E-state index >= 15 is 0 Å². The quantitative estimate of drug-likeness (QED) is 0.647. The van der Waals surface area contributed by atoms with Crippen molar-refractivity contribution in [3.8, 4) is 10.7 Å². The molecule has 4 nitrogen and oxygen atoms in total. The second kappa shape index (κ2) is 7.03. The van der Waals surface area contributed by atoms with E-state index < -0.39 is 0 Å². The van der Waals surface area contributed by atoms with Crippen molar-refractivity contribution in [2.45, 2.75) is 32.1 Å². The third-order valence-corrected chi connectivity index (χ3v) is 5.89. The molecule has 1 aliphatic carbocycles. The fourth-order valence-electron chi connectivity index (χ4n) is 3.02. The van der Waals surface area contributed by atoms with E-state index in [-0.39, 0.29) is 0 Å². The predicted octanol–water partition coefficient (Wildman–Crippen LogP) is 3.80. The summed E-state index contributed by atoms with van der Waals surface area (Å²) >= 11 is 13.4. The highest BCUT2D eigenvalue weighted by Crippen LogP contribution is 2.39. The standard InChI is InChI=1S/C18H19ClN4S2/c1-21(11-13-4-6-14(19)7-5-13)12-22-18(24)23(15-8-9-15)17(20-22)16-3-2-10-25-16/h2-7,10,15H,8-9,11-12H2,1H3/p+1. The molecule has 0 bridgehead atoms. The third-order valence-electron chi connectivity index (χ3n) is 4.36. The van der Waals surface area contributed by atoms with E-state index in [0.29, 0.717) is 6.04 Å². The highest BCUT2D eigenvalue weighted by Gasteiger charge is 2.29. The third kappa shape index (κ3) is 3.72. The predicted molar refractivity (Wildman–Crippen MR) is 105 cm³/mol. The zero-order valence-electron chi connectivity index (χ0n) is 14.0. The topological polar surface area (TPSA) is 27.2 Å². The largest absolute Gasteiger partial charge is 0.315 e. The number of halogens is 1. The first-order valence-corrected chi connectivity index (χ1v) is 10.1. The monoisotopic (exact) mass is 391 g/mol. The van der Waals surface area contributed by atoms with Gasteiger partial charge in [0, 0.05) is 16.6 Å². The number of thiophene rings is 1. The Morgan fingerprint density at radius 1 is 1.28 bits per heavy atom. The zero-order chi connectivity index (χ0) is 17.4. The lowest BCUT2D eigenvalue weighted by Gasteiger charge is -2.13. The van der Waals surface area contributed by atoms with Crippen molar-refractivity contribution >= 4 is 35.2 Å². The SMILES string of the molecule is C[NH+](Cc1ccc(Cl)cc1)Cn1nc(-c2cccs2)n(C2CC2)c1=S. The molecule has 0 aliphatic heterocycles. The Bertz CT molecular complexity index is 908. The first-order chi connectivity index (χ1) is 12.1. The van der Waals surface area contributed by atoms with Crippen molar-refractivity contribution in [1.82, 2.24) is 14.3 Å². The van der Waals surface area contributed by atoms with Gasteiger partial charge in [-0.2, -0.15) is 4.68 Å². The van der Waals surface area contributed by atoms with Gasteiger partial charge in [0.1, 0.15) is 6.54 Å². The maximum atomic E-state index is 5.97. The molecule has 1 aromatic carbocycles. The maximum absolute atomic E-state index is 5.97. The minimum atomic E-state index is 0.523. The van der Waals surface area contributed by atoms with Gasteiger partial charge in [0.2, 0.25) is 4.77 Å². The number of hydrogen-bond donors (Lipinski definition) is 1. The molecule has 1 unspecified atom stereocenters. The van der Waals surface area contributed by atoms with Gasteiger partial charge in [0.25, 0.3) is 0 Å². The fourth-order valence-corrected chi connectivity index (χ4v) is 4.19. The number of nitrogens with zero attached hydrogens (tertiary/aromatic N) is 3. The van der Waals surface area contributed by atoms with Crippen molar-refractivity contribution in [2.24, 2.45) is 0 Å². The Kier molecular flexibility index (Phi) is 4.78. The summed E-state index contributed by atoms with van der Waals surface area (Å²) in [4.78, 5) is 2.52. The van der Waals surface area contributed by atoms with Crippen LogP contribution in [0.3, 0.4) is 0 Å². The van der Waals surface area contributed by atoms with Crippen LogP contribution in [0.15, 0.2) is 41.8 Å². The summed E-state index contributed by atoms with van der Waals surface area (Å²) in [6, 6.07) is 12.7. The van der Waals surface area contributed by atoms with E-state index in [1.54, 1.807) is 11.3 Å². The van der Waals surface area contributed by atoms with Crippen LogP contribution < -0.4 is 4.90 Å². The smallest absolute Gasteiger partial charge is 0.203 e. The molecule has 0 amide bonds. The molecule has 1 atom stereocenters. The van der Waals surface area contributed by atoms with Crippen LogP contribution in [0.2, 0.25) is 5.02 Å². The van der Waals surface area contributed by atoms with Crippen LogP contribution in [-0.2, 0) is 13.2 Å². The van der Waals surface area contributed by atoms with Gasteiger partial charge in [-0.1, -0.05) is 29.8 Å². The molecule has 3 aromatic rings. The van der Waals surface area contributed by atoms with E-state index in [1.165, 1.54) is 28.2 Å². The first-order valence-electron chi connectivity index (χ1n) is 8.41. The normalized spacial score (nSPS) is 15.4. The van der Waals surface area contributed by atoms with Crippen LogP contribution in [0.5, 0.6) is 0 Å². The Balaban J connectivity index is 1.57. The lowest BCUT2D eigenvalue weighted by molar-refractivity contribution is -0.917. The molecule has 2 aromatic heterocycles. The molecule has 4 rings (SSSR count). The van der Waals surface area contributed by atoms with E-state index in [4.69, 9.17) is 28.9 Å². The van der Waals surface area contributed by atoms with Crippen LogP contribution in [0, 0.1) is 4.77 Å². The lowest BCUT2D eigenvalue weighted by Crippen LogP contribution is -3.07. The number of rotatable bonds is 6. The molecule has 7 heteroatoms. The number of nitrogens with one attached hydrogen (secondary N) is 1. The van der Waals surface area contributed by atoms with E-state index in [2.05, 4.69) is 41.3 Å². The molecule has 0 saturated heterocycles. The molecule has 0 spiro atoms. The summed E-state index contributed by atoms with van der Waals surface area (Å²) in [7, 11) is 2.16. The van der Waals surface area contributed by atoms with Gasteiger partial charge >= 0.3 is 0 Å². The summed E-state index contributed by atoms with van der Waals surface area (Å²) in [5.74, 6) is 1.02. The van der Waals surface area contributed by atoms with Gasteiger partial charge in [-0.25, -0.2) is 0 Å². The lowest BCUT2D eigenvalue weighted by atomic mass is 10.2. The number of benzene rings is 1. The Hall–Kier alpha value is -1.47. The van der Waals surface area contributed by atoms with Crippen molar-refractivity contribution < 1.29 is 4.90 Å². The second-order valence-electron chi connectivity index (χ2n) is 6.60. The Morgan fingerprint density at radius 3 is 2.68 bits per heavy atom.